The van der Waals surface area contributed by atoms with Crippen LogP contribution in [0.1, 0.15) is 56.6 Å². The van der Waals surface area contributed by atoms with E-state index in [0.29, 0.717) is 12.2 Å². The van der Waals surface area contributed by atoms with Crippen LogP contribution in [0.5, 0.6) is 0 Å². The van der Waals surface area contributed by atoms with Crippen molar-refractivity contribution in [2.24, 2.45) is 0 Å². The molecule has 0 amide bonds. The molecule has 0 saturated carbocycles. The molecule has 7 aromatic carbocycles. The summed E-state index contributed by atoms with van der Waals surface area (Å²) in [5, 5.41) is 7.97. The average Bonchev–Trinajstić information content (AvgIpc) is 3.61. The molecule has 0 aliphatic rings. The van der Waals surface area contributed by atoms with Gasteiger partial charge in [-0.05, 0) is 103 Å². The number of hydrogen-bond donors (Lipinski definition) is 0. The fourth-order valence-corrected chi connectivity index (χ4v) is 8.27. The van der Waals surface area contributed by atoms with Crippen molar-refractivity contribution >= 4 is 66.0 Å². The molecule has 274 valence electrons. The second-order valence-corrected chi connectivity index (χ2v) is 14.9. The van der Waals surface area contributed by atoms with Crippen molar-refractivity contribution in [1.82, 2.24) is 9.13 Å². The van der Waals surface area contributed by atoms with Crippen molar-refractivity contribution in [1.29, 1.82) is 0 Å². The molecular formula is C50H40N2O4. The Morgan fingerprint density at radius 2 is 0.964 bits per heavy atom. The van der Waals surface area contributed by atoms with Gasteiger partial charge in [0.1, 0.15) is 0 Å². The first-order valence-corrected chi connectivity index (χ1v) is 19.6. The van der Waals surface area contributed by atoms with E-state index in [1.807, 2.05) is 24.3 Å². The summed E-state index contributed by atoms with van der Waals surface area (Å²) in [6.45, 7) is 2.50. The Balaban J connectivity index is 0.969. The van der Waals surface area contributed by atoms with Gasteiger partial charge in [0.25, 0.3) is 22.2 Å². The fourth-order valence-electron chi connectivity index (χ4n) is 8.27. The van der Waals surface area contributed by atoms with Crippen LogP contribution in [0.2, 0.25) is 0 Å². The first-order chi connectivity index (χ1) is 27.4. The highest BCUT2D eigenvalue weighted by molar-refractivity contribution is 6.15. The quantitative estimate of drug-likeness (QED) is 0.0753. The lowest BCUT2D eigenvalue weighted by molar-refractivity contribution is 0.547. The molecule has 2 heterocycles. The molecule has 0 N–H and O–H groups in total. The molecule has 9 aromatic rings. The molecule has 0 saturated heterocycles. The number of hydrogen-bond acceptors (Lipinski definition) is 4. The zero-order valence-electron chi connectivity index (χ0n) is 31.3. The van der Waals surface area contributed by atoms with Gasteiger partial charge in [0.2, 0.25) is 0 Å². The second-order valence-electron chi connectivity index (χ2n) is 14.9. The lowest BCUT2D eigenvalue weighted by atomic mass is 9.90. The predicted octanol–water partition coefficient (Wildman–Crippen LogP) is 10.6. The molecule has 56 heavy (non-hydrogen) atoms. The van der Waals surface area contributed by atoms with Gasteiger partial charge in [-0.2, -0.15) is 0 Å². The summed E-state index contributed by atoms with van der Waals surface area (Å²) in [5.41, 5.74) is 2.93. The van der Waals surface area contributed by atoms with E-state index in [1.54, 1.807) is 12.1 Å². The largest absolute Gasteiger partial charge is 0.274 e. The molecule has 6 nitrogen and oxygen atoms in total. The van der Waals surface area contributed by atoms with E-state index in [0.717, 1.165) is 53.4 Å². The van der Waals surface area contributed by atoms with E-state index in [2.05, 4.69) is 97.9 Å². The number of benzene rings is 7. The van der Waals surface area contributed by atoms with Crippen LogP contribution in [-0.2, 0) is 6.54 Å². The lowest BCUT2D eigenvalue weighted by Crippen LogP contribution is -2.25. The Kier molecular flexibility index (Phi) is 9.10. The van der Waals surface area contributed by atoms with Gasteiger partial charge < -0.3 is 0 Å². The van der Waals surface area contributed by atoms with Crippen molar-refractivity contribution in [2.75, 3.05) is 0 Å². The maximum absolute atomic E-state index is 13.6. The third-order valence-corrected chi connectivity index (χ3v) is 11.3. The molecule has 9 rings (SSSR count). The Morgan fingerprint density at radius 1 is 0.446 bits per heavy atom. The number of unbranched alkanes of at least 4 members (excludes halogenated alkanes) is 5. The van der Waals surface area contributed by atoms with Crippen LogP contribution in [0.25, 0.3) is 82.8 Å². The average molecular weight is 733 g/mol. The summed E-state index contributed by atoms with van der Waals surface area (Å²) in [7, 11) is 0. The van der Waals surface area contributed by atoms with Gasteiger partial charge in [-0.1, -0.05) is 136 Å². The molecule has 0 aliphatic heterocycles. The summed E-state index contributed by atoms with van der Waals surface area (Å²) in [5.74, 6) is 0. The third kappa shape index (κ3) is 6.17. The Labute approximate surface area is 322 Å². The molecular weight excluding hydrogens is 693 g/mol. The number of nitrogens with zero attached hydrogens (tertiary/aromatic N) is 2. The van der Waals surface area contributed by atoms with Crippen LogP contribution in [0.4, 0.5) is 0 Å². The minimum atomic E-state index is -0.502. The van der Waals surface area contributed by atoms with Gasteiger partial charge in [-0.15, -0.1) is 0 Å². The highest BCUT2D eigenvalue weighted by Gasteiger charge is 2.20. The molecule has 0 atom stereocenters. The zero-order valence-corrected chi connectivity index (χ0v) is 31.3. The van der Waals surface area contributed by atoms with Gasteiger partial charge in [-0.25, -0.2) is 4.57 Å². The molecule has 0 aliphatic carbocycles. The summed E-state index contributed by atoms with van der Waals surface area (Å²) < 4.78 is 2.37. The topological polar surface area (TPSA) is 78.1 Å². The van der Waals surface area contributed by atoms with Crippen molar-refractivity contribution in [3.05, 3.63) is 180 Å². The SMILES string of the molecule is CCCCCCCCn1c(=O)c2cc3c(=O)n(-c4ccc(/C=C/c5ccc(-c6c7ccccc7cc7cc8ccccc8cc67)cc5)cc4)c(=O)c3cc2c1=O. The maximum Gasteiger partial charge on any atom is 0.266 e. The van der Waals surface area contributed by atoms with E-state index in [4.69, 9.17) is 0 Å². The molecule has 2 aromatic heterocycles. The van der Waals surface area contributed by atoms with Crippen LogP contribution in [0, 0.1) is 0 Å². The fraction of sp³-hybridized carbons (Fsp3) is 0.160. The van der Waals surface area contributed by atoms with Crippen LogP contribution < -0.4 is 22.2 Å². The Bertz CT molecular complexity index is 3110. The van der Waals surface area contributed by atoms with Gasteiger partial charge in [0, 0.05) is 6.54 Å². The summed E-state index contributed by atoms with van der Waals surface area (Å²) in [6.07, 6.45) is 10.3. The van der Waals surface area contributed by atoms with Crippen LogP contribution in [0.3, 0.4) is 0 Å². The minimum absolute atomic E-state index is 0.147. The smallest absolute Gasteiger partial charge is 0.266 e. The van der Waals surface area contributed by atoms with Crippen LogP contribution in [-0.4, -0.2) is 9.13 Å². The number of rotatable bonds is 11. The first-order valence-electron chi connectivity index (χ1n) is 19.6. The van der Waals surface area contributed by atoms with Crippen molar-refractivity contribution in [3.63, 3.8) is 0 Å². The molecule has 0 unspecified atom stereocenters. The molecule has 0 fully saturated rings. The van der Waals surface area contributed by atoms with Gasteiger partial charge in [-0.3, -0.25) is 23.7 Å². The molecule has 0 spiro atoms. The first kappa shape index (κ1) is 35.1. The van der Waals surface area contributed by atoms with Crippen molar-refractivity contribution in [2.45, 2.75) is 52.0 Å². The minimum Gasteiger partial charge on any atom is -0.274 e. The highest BCUT2D eigenvalue weighted by Crippen LogP contribution is 2.38. The zero-order chi connectivity index (χ0) is 38.3. The van der Waals surface area contributed by atoms with E-state index in [1.165, 1.54) is 61.0 Å². The normalized spacial score (nSPS) is 12.0. The third-order valence-electron chi connectivity index (χ3n) is 11.3. The Hall–Kier alpha value is -6.66. The number of aromatic nitrogens is 2. The van der Waals surface area contributed by atoms with E-state index >= 15 is 0 Å². The van der Waals surface area contributed by atoms with Gasteiger partial charge in [0.05, 0.1) is 27.2 Å². The second kappa shape index (κ2) is 14.5. The van der Waals surface area contributed by atoms with Gasteiger partial charge >= 0.3 is 0 Å². The van der Waals surface area contributed by atoms with Crippen molar-refractivity contribution in [3.8, 4) is 16.8 Å². The summed E-state index contributed by atoms with van der Waals surface area (Å²) in [6, 6.07) is 42.5. The molecule has 0 bridgehead atoms. The van der Waals surface area contributed by atoms with Crippen molar-refractivity contribution < 1.29 is 0 Å². The van der Waals surface area contributed by atoms with E-state index in [9.17, 15) is 19.2 Å². The molecule has 6 heteroatoms. The maximum atomic E-state index is 13.6. The summed E-state index contributed by atoms with van der Waals surface area (Å²) in [4.78, 5) is 53.6. The van der Waals surface area contributed by atoms with Gasteiger partial charge in [0.15, 0.2) is 0 Å². The predicted molar refractivity (Wildman–Crippen MR) is 233 cm³/mol. The number of fused-ring (bicyclic) bond motifs is 5. The summed E-state index contributed by atoms with van der Waals surface area (Å²) >= 11 is 0. The lowest BCUT2D eigenvalue weighted by Gasteiger charge is -2.13. The standard InChI is InChI=1S/C50H40N2O4/c1-2-3-4-5-6-11-26-51-47(53)42-30-44-45(31-43(42)48(51)54)50(56)52(49(44)55)39-24-20-33(21-25-39)17-16-32-18-22-34(23-19-32)46-40-15-10-9-14-37(40)28-38-27-35-12-7-8-13-36(35)29-41(38)46/h7-10,12-25,27-31H,2-6,11,26H2,1H3/b17-16+. The van der Waals surface area contributed by atoms with E-state index < -0.39 is 22.2 Å². The Morgan fingerprint density at radius 3 is 1.61 bits per heavy atom. The van der Waals surface area contributed by atoms with Crippen LogP contribution in [0.15, 0.2) is 147 Å². The monoisotopic (exact) mass is 732 g/mol. The van der Waals surface area contributed by atoms with Crippen LogP contribution >= 0.6 is 0 Å². The highest BCUT2D eigenvalue weighted by atomic mass is 16.2. The van der Waals surface area contributed by atoms with E-state index in [-0.39, 0.29) is 21.5 Å². The molecule has 0 radical (unpaired) electrons.